The van der Waals surface area contributed by atoms with Crippen molar-refractivity contribution in [1.82, 2.24) is 25.0 Å². The van der Waals surface area contributed by atoms with E-state index in [4.69, 9.17) is 9.47 Å². The number of aliphatic hydroxyl groups excluding tert-OH is 1. The minimum Gasteiger partial charge on any atom is -0.445 e. The molecule has 12 nitrogen and oxygen atoms in total. The number of likely N-dealkylation sites (N-methyl/N-ethyl adjacent to an activating group) is 1. The molecule has 0 saturated carbocycles. The largest absolute Gasteiger partial charge is 0.445 e. The first-order valence-electron chi connectivity index (χ1n) is 16.7. The molecule has 2 aliphatic heterocycles. The Morgan fingerprint density at radius 2 is 1.63 bits per heavy atom. The van der Waals surface area contributed by atoms with Crippen molar-refractivity contribution in [3.63, 3.8) is 0 Å². The van der Waals surface area contributed by atoms with Gasteiger partial charge in [-0.25, -0.2) is 14.0 Å². The number of aliphatic hydroxyl groups is 1. The third kappa shape index (κ3) is 7.43. The second-order valence-corrected chi connectivity index (χ2v) is 12.8. The van der Waals surface area contributed by atoms with E-state index in [0.29, 0.717) is 11.2 Å². The maximum absolute atomic E-state index is 14.3. The number of carbonyl (C=O) groups is 4. The van der Waals surface area contributed by atoms with Crippen LogP contribution in [0.2, 0.25) is 0 Å². The molecule has 2 aliphatic rings. The summed E-state index contributed by atoms with van der Waals surface area (Å²) in [6, 6.07) is 19.6. The van der Waals surface area contributed by atoms with Crippen LogP contribution in [0.4, 0.5) is 14.0 Å². The van der Waals surface area contributed by atoms with Crippen LogP contribution in [0.1, 0.15) is 36.5 Å². The van der Waals surface area contributed by atoms with E-state index in [-0.39, 0.29) is 26.3 Å². The summed E-state index contributed by atoms with van der Waals surface area (Å²) in [5.74, 6) is -2.12. The number of nitrogens with one attached hydrogen (secondary N) is 2. The number of nitrogens with zero attached hydrogens (tertiary/aromatic N) is 3. The standard InChI is InChI=1S/C38H40FN5O7/c1-23(42(3)37(48)50-21-25-10-6-4-7-11-25)35(46)41-33(24(2)45)36(47)43-17-16-32-34(43)30(29-19-40-31-18-27(39)14-15-28(29)31)20-44(32)38(49)51-22-26-12-8-5-9-13-26/h4-16,18-19,23-24,30,33-34,40,45H,17,20-22H2,1-3H3,(H,41,46). The van der Waals surface area contributed by atoms with Crippen LogP contribution in [-0.4, -0.2) is 93.2 Å². The fourth-order valence-corrected chi connectivity index (χ4v) is 6.58. The van der Waals surface area contributed by atoms with Crippen molar-refractivity contribution in [3.8, 4) is 0 Å². The van der Waals surface area contributed by atoms with Crippen LogP contribution in [0.25, 0.3) is 10.9 Å². The maximum atomic E-state index is 14.3. The van der Waals surface area contributed by atoms with E-state index in [1.54, 1.807) is 30.5 Å². The molecule has 0 bridgehead atoms. The number of carbonyl (C=O) groups excluding carboxylic acids is 4. The molecule has 4 aromatic rings. The number of amides is 4. The van der Waals surface area contributed by atoms with Gasteiger partial charge in [0, 0.05) is 48.9 Å². The van der Waals surface area contributed by atoms with Crippen LogP contribution in [0.5, 0.6) is 0 Å². The first kappa shape index (κ1) is 35.1. The molecule has 5 atom stereocenters. The molecular formula is C38H40FN5O7. The number of aromatic amines is 1. The summed E-state index contributed by atoms with van der Waals surface area (Å²) in [6.07, 6.45) is 0.877. The second-order valence-electron chi connectivity index (χ2n) is 12.8. The fourth-order valence-electron chi connectivity index (χ4n) is 6.58. The number of aromatic nitrogens is 1. The van der Waals surface area contributed by atoms with Gasteiger partial charge in [0.25, 0.3) is 0 Å². The summed E-state index contributed by atoms with van der Waals surface area (Å²) in [6.45, 7) is 3.21. The highest BCUT2D eigenvalue weighted by molar-refractivity contribution is 5.92. The molecule has 0 aliphatic carbocycles. The third-order valence-corrected chi connectivity index (χ3v) is 9.49. The number of ether oxygens (including phenoxy) is 2. The van der Waals surface area contributed by atoms with Gasteiger partial charge >= 0.3 is 12.2 Å². The average molecular weight is 698 g/mol. The van der Waals surface area contributed by atoms with Gasteiger partial charge in [-0.1, -0.05) is 60.7 Å². The molecule has 4 amide bonds. The van der Waals surface area contributed by atoms with Crippen LogP contribution >= 0.6 is 0 Å². The normalized spacial score (nSPS) is 18.4. The second kappa shape index (κ2) is 15.1. The van der Waals surface area contributed by atoms with Crippen LogP contribution in [0.15, 0.2) is 96.8 Å². The predicted molar refractivity (Wildman–Crippen MR) is 185 cm³/mol. The van der Waals surface area contributed by atoms with Crippen LogP contribution < -0.4 is 5.32 Å². The van der Waals surface area contributed by atoms with Crippen molar-refractivity contribution in [2.45, 2.75) is 57.2 Å². The molecule has 1 saturated heterocycles. The van der Waals surface area contributed by atoms with Gasteiger partial charge in [0.05, 0.1) is 12.1 Å². The summed E-state index contributed by atoms with van der Waals surface area (Å²) in [7, 11) is 1.41. The molecule has 3 aromatic carbocycles. The van der Waals surface area contributed by atoms with Crippen LogP contribution in [-0.2, 0) is 32.3 Å². The summed E-state index contributed by atoms with van der Waals surface area (Å²) < 4.78 is 25.1. The quantitative estimate of drug-likeness (QED) is 0.219. The zero-order valence-electron chi connectivity index (χ0n) is 28.5. The third-order valence-electron chi connectivity index (χ3n) is 9.49. The van der Waals surface area contributed by atoms with Gasteiger partial charge in [-0.05, 0) is 54.8 Å². The fraction of sp³-hybridized carbons (Fsp3) is 0.316. The SMILES string of the molecule is CC(O)C(NC(=O)C(C)N(C)C(=O)OCc1ccccc1)C(=O)N1CC=C2C1C(c1c[nH]c3cc(F)ccc13)CN2C(=O)OCc1ccccc1. The maximum Gasteiger partial charge on any atom is 0.414 e. The lowest BCUT2D eigenvalue weighted by atomic mass is 9.92. The Morgan fingerprint density at radius 3 is 2.27 bits per heavy atom. The van der Waals surface area contributed by atoms with E-state index < -0.39 is 60.0 Å². The molecule has 3 N–H and O–H groups in total. The molecule has 6 rings (SSSR count). The van der Waals surface area contributed by atoms with Crippen molar-refractivity contribution >= 4 is 34.9 Å². The van der Waals surface area contributed by atoms with Gasteiger partial charge in [-0.15, -0.1) is 0 Å². The van der Waals surface area contributed by atoms with Crippen molar-refractivity contribution < 1.29 is 38.1 Å². The summed E-state index contributed by atoms with van der Waals surface area (Å²) in [5, 5.41) is 14.2. The van der Waals surface area contributed by atoms with E-state index in [9.17, 15) is 28.7 Å². The summed E-state index contributed by atoms with van der Waals surface area (Å²) >= 11 is 0. The molecule has 13 heteroatoms. The number of rotatable bonds is 10. The Labute approximate surface area is 294 Å². The zero-order valence-corrected chi connectivity index (χ0v) is 28.5. The van der Waals surface area contributed by atoms with Gasteiger partial charge in [0.15, 0.2) is 0 Å². The average Bonchev–Trinajstić information content (AvgIpc) is 3.86. The molecule has 0 spiro atoms. The smallest absolute Gasteiger partial charge is 0.414 e. The molecule has 5 unspecified atom stereocenters. The Kier molecular flexibility index (Phi) is 10.4. The molecule has 1 aromatic heterocycles. The van der Waals surface area contributed by atoms with Crippen molar-refractivity contribution in [3.05, 3.63) is 119 Å². The summed E-state index contributed by atoms with van der Waals surface area (Å²) in [5.41, 5.74) is 3.47. The number of H-pyrrole nitrogens is 1. The van der Waals surface area contributed by atoms with Gasteiger partial charge in [0.1, 0.15) is 31.1 Å². The highest BCUT2D eigenvalue weighted by Crippen LogP contribution is 2.44. The Hall–Kier alpha value is -5.69. The number of hydrogen-bond acceptors (Lipinski definition) is 7. The number of fused-ring (bicyclic) bond motifs is 2. The van der Waals surface area contributed by atoms with Crippen LogP contribution in [0.3, 0.4) is 0 Å². The van der Waals surface area contributed by atoms with Gasteiger partial charge in [0.2, 0.25) is 11.8 Å². The highest BCUT2D eigenvalue weighted by atomic mass is 19.1. The highest BCUT2D eigenvalue weighted by Gasteiger charge is 2.50. The molecule has 3 heterocycles. The minimum absolute atomic E-state index is 0.0160. The van der Waals surface area contributed by atoms with Gasteiger partial charge < -0.3 is 29.8 Å². The van der Waals surface area contributed by atoms with Crippen molar-refractivity contribution in [2.75, 3.05) is 20.1 Å². The van der Waals surface area contributed by atoms with Crippen LogP contribution in [0, 0.1) is 5.82 Å². The molecule has 266 valence electrons. The number of hydrogen-bond donors (Lipinski definition) is 3. The zero-order chi connectivity index (χ0) is 36.2. The van der Waals surface area contributed by atoms with E-state index >= 15 is 0 Å². The van der Waals surface area contributed by atoms with Crippen molar-refractivity contribution in [2.24, 2.45) is 0 Å². The lowest BCUT2D eigenvalue weighted by molar-refractivity contribution is -0.140. The van der Waals surface area contributed by atoms with E-state index in [2.05, 4.69) is 10.3 Å². The van der Waals surface area contributed by atoms with E-state index in [1.807, 2.05) is 48.5 Å². The Balaban J connectivity index is 1.20. The van der Waals surface area contributed by atoms with Gasteiger partial charge in [-0.2, -0.15) is 0 Å². The summed E-state index contributed by atoms with van der Waals surface area (Å²) in [4.78, 5) is 61.2. The molecule has 51 heavy (non-hydrogen) atoms. The monoisotopic (exact) mass is 697 g/mol. The van der Waals surface area contributed by atoms with Crippen molar-refractivity contribution in [1.29, 1.82) is 0 Å². The number of likely N-dealkylation sites (tertiary alicyclic amines) is 1. The van der Waals surface area contributed by atoms with E-state index in [0.717, 1.165) is 27.0 Å². The Morgan fingerprint density at radius 1 is 0.980 bits per heavy atom. The minimum atomic E-state index is -1.38. The topological polar surface area (TPSA) is 145 Å². The first-order valence-corrected chi connectivity index (χ1v) is 16.7. The lowest BCUT2D eigenvalue weighted by Crippen LogP contribution is -2.58. The Bertz CT molecular complexity index is 1930. The molecule has 0 radical (unpaired) electrons. The predicted octanol–water partition coefficient (Wildman–Crippen LogP) is 4.66. The first-order chi connectivity index (χ1) is 24.5. The number of halogens is 1. The molecule has 1 fully saturated rings. The van der Waals surface area contributed by atoms with E-state index in [1.165, 1.54) is 42.8 Å². The molecular weight excluding hydrogens is 657 g/mol. The van der Waals surface area contributed by atoms with Gasteiger partial charge in [-0.3, -0.25) is 19.4 Å². The lowest BCUT2D eigenvalue weighted by Gasteiger charge is -2.33. The number of benzene rings is 3.